The molecule has 1 amide bonds. The highest BCUT2D eigenvalue weighted by molar-refractivity contribution is 7.11. The molecule has 0 fully saturated rings. The summed E-state index contributed by atoms with van der Waals surface area (Å²) in [5.41, 5.74) is 2.61. The Hall–Kier alpha value is -2.01. The van der Waals surface area contributed by atoms with Crippen molar-refractivity contribution in [2.24, 2.45) is 0 Å². The molecule has 0 unspecified atom stereocenters. The molecular formula is C13H11N3OS. The number of hydrogen-bond donors (Lipinski definition) is 1. The molecule has 0 atom stereocenters. The van der Waals surface area contributed by atoms with Crippen molar-refractivity contribution in [3.63, 3.8) is 0 Å². The topological polar surface area (TPSA) is 54.9 Å². The molecule has 18 heavy (non-hydrogen) atoms. The number of thiophene rings is 1. The van der Waals surface area contributed by atoms with Crippen LogP contribution in [-0.2, 0) is 4.79 Å². The van der Waals surface area contributed by atoms with Gasteiger partial charge in [0.2, 0.25) is 0 Å². The van der Waals surface area contributed by atoms with Crippen molar-refractivity contribution in [3.05, 3.63) is 39.5 Å². The van der Waals surface area contributed by atoms with Crippen molar-refractivity contribution < 1.29 is 4.79 Å². The molecule has 90 valence electrons. The lowest BCUT2D eigenvalue weighted by Crippen LogP contribution is -2.04. The maximum Gasteiger partial charge on any atom is 0.257 e. The summed E-state index contributed by atoms with van der Waals surface area (Å²) in [6, 6.07) is 2.05. The van der Waals surface area contributed by atoms with Crippen LogP contribution in [0.25, 0.3) is 11.6 Å². The Morgan fingerprint density at radius 2 is 2.22 bits per heavy atom. The summed E-state index contributed by atoms with van der Waals surface area (Å²) in [7, 11) is 0. The minimum absolute atomic E-state index is 0.115. The van der Waals surface area contributed by atoms with Gasteiger partial charge in [-0.05, 0) is 36.9 Å². The largest absolute Gasteiger partial charge is 0.306 e. The van der Waals surface area contributed by atoms with Crippen molar-refractivity contribution in [1.82, 2.24) is 9.97 Å². The first-order valence-electron chi connectivity index (χ1n) is 5.56. The zero-order valence-electron chi connectivity index (χ0n) is 10.0. The number of anilines is 1. The van der Waals surface area contributed by atoms with Crippen LogP contribution >= 0.6 is 11.3 Å². The SMILES string of the molecule is Cc1csc(C=C2C(=O)Nc3nc(C)ncc32)c1. The first kappa shape index (κ1) is 11.1. The fourth-order valence-electron chi connectivity index (χ4n) is 1.87. The number of aromatic nitrogens is 2. The molecule has 0 saturated heterocycles. The second kappa shape index (κ2) is 4.03. The van der Waals surface area contributed by atoms with Crippen molar-refractivity contribution in [2.45, 2.75) is 13.8 Å². The van der Waals surface area contributed by atoms with Crippen LogP contribution in [0.1, 0.15) is 21.8 Å². The van der Waals surface area contributed by atoms with Crippen LogP contribution in [-0.4, -0.2) is 15.9 Å². The van der Waals surface area contributed by atoms with Gasteiger partial charge in [-0.1, -0.05) is 0 Å². The molecule has 0 aromatic carbocycles. The Morgan fingerprint density at radius 1 is 1.39 bits per heavy atom. The summed E-state index contributed by atoms with van der Waals surface area (Å²) in [5, 5.41) is 4.82. The van der Waals surface area contributed by atoms with E-state index in [0.717, 1.165) is 10.4 Å². The Balaban J connectivity index is 2.09. The van der Waals surface area contributed by atoms with Gasteiger partial charge in [0.1, 0.15) is 11.6 Å². The minimum atomic E-state index is -0.115. The Morgan fingerprint density at radius 3 is 2.94 bits per heavy atom. The van der Waals surface area contributed by atoms with Gasteiger partial charge in [-0.2, -0.15) is 0 Å². The maximum atomic E-state index is 11.9. The van der Waals surface area contributed by atoms with Crippen LogP contribution in [0, 0.1) is 13.8 Å². The number of aryl methyl sites for hydroxylation is 2. The summed E-state index contributed by atoms with van der Waals surface area (Å²) >= 11 is 1.62. The van der Waals surface area contributed by atoms with E-state index < -0.39 is 0 Å². The molecule has 4 nitrogen and oxygen atoms in total. The normalized spacial score (nSPS) is 15.9. The Kier molecular flexibility index (Phi) is 2.48. The number of rotatable bonds is 1. The quantitative estimate of drug-likeness (QED) is 0.799. The third-order valence-electron chi connectivity index (χ3n) is 2.71. The minimum Gasteiger partial charge on any atom is -0.306 e. The van der Waals surface area contributed by atoms with E-state index in [1.165, 1.54) is 5.56 Å². The molecule has 0 spiro atoms. The van der Waals surface area contributed by atoms with E-state index in [1.54, 1.807) is 24.5 Å². The van der Waals surface area contributed by atoms with Crippen LogP contribution in [0.2, 0.25) is 0 Å². The number of amides is 1. The monoisotopic (exact) mass is 257 g/mol. The van der Waals surface area contributed by atoms with E-state index in [0.29, 0.717) is 17.2 Å². The van der Waals surface area contributed by atoms with Crippen molar-refractivity contribution in [1.29, 1.82) is 0 Å². The molecule has 0 radical (unpaired) electrons. The molecule has 0 aliphatic carbocycles. The van der Waals surface area contributed by atoms with E-state index >= 15 is 0 Å². The molecule has 1 aliphatic heterocycles. The predicted octanol–water partition coefficient (Wildman–Crippen LogP) is 2.65. The highest BCUT2D eigenvalue weighted by Gasteiger charge is 2.25. The Bertz CT molecular complexity index is 673. The summed E-state index contributed by atoms with van der Waals surface area (Å²) in [5.74, 6) is 1.14. The molecule has 2 aromatic heterocycles. The van der Waals surface area contributed by atoms with Crippen molar-refractivity contribution >= 4 is 34.7 Å². The molecule has 3 rings (SSSR count). The lowest BCUT2D eigenvalue weighted by atomic mass is 10.1. The zero-order valence-corrected chi connectivity index (χ0v) is 10.8. The van der Waals surface area contributed by atoms with Crippen LogP contribution in [0.3, 0.4) is 0 Å². The van der Waals surface area contributed by atoms with Gasteiger partial charge in [-0.15, -0.1) is 11.3 Å². The predicted molar refractivity (Wildman–Crippen MR) is 72.3 cm³/mol. The smallest absolute Gasteiger partial charge is 0.257 e. The van der Waals surface area contributed by atoms with Gasteiger partial charge >= 0.3 is 0 Å². The third kappa shape index (κ3) is 1.82. The molecular weight excluding hydrogens is 246 g/mol. The standard InChI is InChI=1S/C13H11N3OS/c1-7-3-9(18-6-7)4-10-11-5-14-8(2)15-12(11)16-13(10)17/h3-6H,1-2H3,(H,14,15,16,17). The number of nitrogens with zero attached hydrogens (tertiary/aromatic N) is 2. The van der Waals surface area contributed by atoms with Crippen LogP contribution < -0.4 is 5.32 Å². The average Bonchev–Trinajstić information content (AvgIpc) is 2.84. The number of nitrogens with one attached hydrogen (secondary N) is 1. The van der Waals surface area contributed by atoms with Gasteiger partial charge in [-0.3, -0.25) is 4.79 Å². The molecule has 5 heteroatoms. The van der Waals surface area contributed by atoms with E-state index in [2.05, 4.69) is 26.7 Å². The van der Waals surface area contributed by atoms with Gasteiger partial charge in [0.15, 0.2) is 0 Å². The van der Waals surface area contributed by atoms with Crippen molar-refractivity contribution in [3.8, 4) is 0 Å². The summed E-state index contributed by atoms with van der Waals surface area (Å²) in [4.78, 5) is 21.3. The van der Waals surface area contributed by atoms with E-state index in [4.69, 9.17) is 0 Å². The number of fused-ring (bicyclic) bond motifs is 1. The fraction of sp³-hybridized carbons (Fsp3) is 0.154. The lowest BCUT2D eigenvalue weighted by molar-refractivity contribution is -0.110. The number of carbonyl (C=O) groups is 1. The summed E-state index contributed by atoms with van der Waals surface area (Å²) in [6.07, 6.45) is 3.58. The van der Waals surface area contributed by atoms with Crippen LogP contribution in [0.5, 0.6) is 0 Å². The van der Waals surface area contributed by atoms with Gasteiger partial charge < -0.3 is 5.32 Å². The average molecular weight is 257 g/mol. The summed E-state index contributed by atoms with van der Waals surface area (Å²) in [6.45, 7) is 3.84. The molecule has 1 N–H and O–H groups in total. The van der Waals surface area contributed by atoms with Crippen molar-refractivity contribution in [2.75, 3.05) is 5.32 Å². The fourth-order valence-corrected chi connectivity index (χ4v) is 2.70. The summed E-state index contributed by atoms with van der Waals surface area (Å²) < 4.78 is 0. The lowest BCUT2D eigenvalue weighted by Gasteiger charge is -1.97. The van der Waals surface area contributed by atoms with Crippen LogP contribution in [0.15, 0.2) is 17.6 Å². The number of carbonyl (C=O) groups excluding carboxylic acids is 1. The van der Waals surface area contributed by atoms with Gasteiger partial charge in [0, 0.05) is 16.6 Å². The molecule has 0 saturated carbocycles. The second-order valence-corrected chi connectivity index (χ2v) is 5.16. The van der Waals surface area contributed by atoms with E-state index in [9.17, 15) is 4.79 Å². The Labute approximate surface area is 108 Å². The number of hydrogen-bond acceptors (Lipinski definition) is 4. The third-order valence-corrected chi connectivity index (χ3v) is 3.71. The first-order chi connectivity index (χ1) is 8.63. The molecule has 2 aromatic rings. The van der Waals surface area contributed by atoms with E-state index in [1.807, 2.05) is 13.0 Å². The molecule has 1 aliphatic rings. The first-order valence-corrected chi connectivity index (χ1v) is 6.43. The van der Waals surface area contributed by atoms with Gasteiger partial charge in [-0.25, -0.2) is 9.97 Å². The highest BCUT2D eigenvalue weighted by Crippen LogP contribution is 2.31. The second-order valence-electron chi connectivity index (χ2n) is 4.22. The van der Waals surface area contributed by atoms with Crippen LogP contribution in [0.4, 0.5) is 5.82 Å². The zero-order chi connectivity index (χ0) is 12.7. The highest BCUT2D eigenvalue weighted by atomic mass is 32.1. The molecule has 0 bridgehead atoms. The van der Waals surface area contributed by atoms with E-state index in [-0.39, 0.29) is 5.91 Å². The van der Waals surface area contributed by atoms with Gasteiger partial charge in [0.25, 0.3) is 5.91 Å². The molecule has 3 heterocycles. The maximum absolute atomic E-state index is 11.9. The van der Waals surface area contributed by atoms with Gasteiger partial charge in [0.05, 0.1) is 5.57 Å².